The molecule has 15 heavy (non-hydrogen) atoms. The van der Waals surface area contributed by atoms with Crippen LogP contribution in [0.3, 0.4) is 0 Å². The molecule has 1 N–H and O–H groups in total. The van der Waals surface area contributed by atoms with Gasteiger partial charge in [-0.2, -0.15) is 0 Å². The predicted octanol–water partition coefficient (Wildman–Crippen LogP) is 2.73. The van der Waals surface area contributed by atoms with Crippen molar-refractivity contribution in [3.05, 3.63) is 0 Å². The molecule has 2 aliphatic rings. The van der Waals surface area contributed by atoms with E-state index in [-0.39, 0.29) is 5.91 Å². The number of carbonyl (C=O) groups excluding carboxylic acids is 1. The summed E-state index contributed by atoms with van der Waals surface area (Å²) >= 11 is 0. The highest BCUT2D eigenvalue weighted by atomic mass is 16.1. The summed E-state index contributed by atoms with van der Waals surface area (Å²) in [7, 11) is 0. The summed E-state index contributed by atoms with van der Waals surface area (Å²) in [6, 6.07) is 0. The molecule has 1 aliphatic heterocycles. The molecule has 2 atom stereocenters. The minimum atomic E-state index is 0.247. The van der Waals surface area contributed by atoms with Gasteiger partial charge in [0.15, 0.2) is 0 Å². The first kappa shape index (κ1) is 11.0. The summed E-state index contributed by atoms with van der Waals surface area (Å²) in [6.07, 6.45) is 5.76. The van der Waals surface area contributed by atoms with E-state index in [1.54, 1.807) is 0 Å². The van der Waals surface area contributed by atoms with Crippen molar-refractivity contribution in [2.24, 2.45) is 16.7 Å². The minimum absolute atomic E-state index is 0.247. The Labute approximate surface area is 92.8 Å². The molecule has 1 saturated carbocycles. The van der Waals surface area contributed by atoms with Crippen molar-refractivity contribution in [1.82, 2.24) is 5.32 Å². The third-order valence-corrected chi connectivity index (χ3v) is 4.08. The van der Waals surface area contributed by atoms with E-state index in [9.17, 15) is 4.79 Å². The van der Waals surface area contributed by atoms with Crippen molar-refractivity contribution < 1.29 is 4.79 Å². The molecule has 1 saturated heterocycles. The van der Waals surface area contributed by atoms with Crippen LogP contribution in [0, 0.1) is 16.7 Å². The van der Waals surface area contributed by atoms with Crippen LogP contribution < -0.4 is 5.32 Å². The summed E-state index contributed by atoms with van der Waals surface area (Å²) in [4.78, 5) is 11.2. The number of nitrogens with one attached hydrogen (secondary N) is 1. The van der Waals surface area contributed by atoms with Gasteiger partial charge in [-0.1, -0.05) is 20.8 Å². The molecule has 0 aromatic heterocycles. The van der Waals surface area contributed by atoms with Crippen LogP contribution in [0.2, 0.25) is 0 Å². The normalized spacial score (nSPS) is 40.2. The zero-order valence-electron chi connectivity index (χ0n) is 10.2. The molecule has 2 nitrogen and oxygen atoms in total. The second-order valence-electron chi connectivity index (χ2n) is 6.63. The number of amides is 1. The third kappa shape index (κ3) is 2.35. The Hall–Kier alpha value is -0.530. The first-order valence-electron chi connectivity index (χ1n) is 6.18. The van der Waals surface area contributed by atoms with E-state index >= 15 is 0 Å². The molecular weight excluding hydrogens is 186 g/mol. The smallest absolute Gasteiger partial charge is 0.220 e. The van der Waals surface area contributed by atoms with E-state index in [1.807, 2.05) is 0 Å². The van der Waals surface area contributed by atoms with Crippen LogP contribution in [0.5, 0.6) is 0 Å². The molecule has 1 aliphatic carbocycles. The summed E-state index contributed by atoms with van der Waals surface area (Å²) in [5.74, 6) is 1.06. The van der Waals surface area contributed by atoms with Gasteiger partial charge in [0.05, 0.1) is 0 Å². The second-order valence-corrected chi connectivity index (χ2v) is 6.63. The van der Waals surface area contributed by atoms with Gasteiger partial charge in [-0.3, -0.25) is 4.79 Å². The molecule has 0 bridgehead atoms. The fourth-order valence-electron chi connectivity index (χ4n) is 4.08. The summed E-state index contributed by atoms with van der Waals surface area (Å²) < 4.78 is 0. The summed E-state index contributed by atoms with van der Waals surface area (Å²) in [5, 5.41) is 3.06. The monoisotopic (exact) mass is 209 g/mol. The lowest BCUT2D eigenvalue weighted by Gasteiger charge is -2.49. The highest BCUT2D eigenvalue weighted by Crippen LogP contribution is 2.51. The van der Waals surface area contributed by atoms with Crippen molar-refractivity contribution in [3.63, 3.8) is 0 Å². The number of hydrogen-bond acceptors (Lipinski definition) is 1. The first-order valence-corrected chi connectivity index (χ1v) is 6.18. The Morgan fingerprint density at radius 3 is 2.60 bits per heavy atom. The SMILES string of the molecule is CC1CC(C)(C)CC2(CCC(=O)NC2)C1. The summed E-state index contributed by atoms with van der Waals surface area (Å²) in [5.41, 5.74) is 0.870. The van der Waals surface area contributed by atoms with Crippen LogP contribution in [0.4, 0.5) is 0 Å². The maximum atomic E-state index is 11.2. The number of rotatable bonds is 0. The van der Waals surface area contributed by atoms with Crippen LogP contribution in [0.1, 0.15) is 52.9 Å². The number of piperidine rings is 1. The Morgan fingerprint density at radius 2 is 2.07 bits per heavy atom. The second kappa shape index (κ2) is 3.50. The molecule has 0 aromatic carbocycles. The minimum Gasteiger partial charge on any atom is -0.356 e. The zero-order valence-corrected chi connectivity index (χ0v) is 10.2. The lowest BCUT2D eigenvalue weighted by Crippen LogP contribution is -2.48. The van der Waals surface area contributed by atoms with Gasteiger partial charge < -0.3 is 5.32 Å². The van der Waals surface area contributed by atoms with Gasteiger partial charge in [0.1, 0.15) is 0 Å². The molecule has 1 amide bonds. The maximum absolute atomic E-state index is 11.2. The lowest BCUT2D eigenvalue weighted by atomic mass is 9.58. The number of carbonyl (C=O) groups is 1. The van der Waals surface area contributed by atoms with Crippen LogP contribution in [0.25, 0.3) is 0 Å². The quantitative estimate of drug-likeness (QED) is 0.653. The molecular formula is C13H23NO. The van der Waals surface area contributed by atoms with Crippen LogP contribution in [0.15, 0.2) is 0 Å². The number of hydrogen-bond donors (Lipinski definition) is 1. The van der Waals surface area contributed by atoms with Gasteiger partial charge in [0.25, 0.3) is 0 Å². The standard InChI is InChI=1S/C13H23NO/c1-10-6-12(2,3)8-13(7-10)5-4-11(15)14-9-13/h10H,4-9H2,1-3H3,(H,14,15). The van der Waals surface area contributed by atoms with E-state index in [4.69, 9.17) is 0 Å². The van der Waals surface area contributed by atoms with Crippen molar-refractivity contribution in [2.45, 2.75) is 52.9 Å². The van der Waals surface area contributed by atoms with E-state index in [0.717, 1.165) is 25.3 Å². The molecule has 86 valence electrons. The van der Waals surface area contributed by atoms with Crippen LogP contribution >= 0.6 is 0 Å². The van der Waals surface area contributed by atoms with Gasteiger partial charge in [0.2, 0.25) is 5.91 Å². The largest absolute Gasteiger partial charge is 0.356 e. The average Bonchev–Trinajstić information content (AvgIpc) is 2.07. The van der Waals surface area contributed by atoms with Gasteiger partial charge in [-0.25, -0.2) is 0 Å². The van der Waals surface area contributed by atoms with E-state index < -0.39 is 0 Å². The van der Waals surface area contributed by atoms with E-state index in [2.05, 4.69) is 26.1 Å². The fourth-order valence-corrected chi connectivity index (χ4v) is 4.08. The highest BCUT2D eigenvalue weighted by molar-refractivity contribution is 5.76. The van der Waals surface area contributed by atoms with Crippen LogP contribution in [-0.2, 0) is 4.79 Å². The van der Waals surface area contributed by atoms with E-state index in [0.29, 0.717) is 10.8 Å². The lowest BCUT2D eigenvalue weighted by molar-refractivity contribution is -0.126. The maximum Gasteiger partial charge on any atom is 0.220 e. The Kier molecular flexibility index (Phi) is 2.56. The molecule has 2 fully saturated rings. The van der Waals surface area contributed by atoms with E-state index in [1.165, 1.54) is 19.3 Å². The van der Waals surface area contributed by atoms with Gasteiger partial charge in [-0.15, -0.1) is 0 Å². The summed E-state index contributed by atoms with van der Waals surface area (Å²) in [6.45, 7) is 8.03. The molecule has 2 unspecified atom stereocenters. The van der Waals surface area contributed by atoms with Gasteiger partial charge in [0, 0.05) is 13.0 Å². The Balaban J connectivity index is 2.10. The fraction of sp³-hybridized carbons (Fsp3) is 0.923. The molecule has 2 heteroatoms. The Morgan fingerprint density at radius 1 is 1.33 bits per heavy atom. The van der Waals surface area contributed by atoms with Crippen molar-refractivity contribution in [3.8, 4) is 0 Å². The zero-order chi connectivity index (χ0) is 11.1. The molecule has 0 radical (unpaired) electrons. The Bertz CT molecular complexity index is 260. The van der Waals surface area contributed by atoms with Crippen molar-refractivity contribution >= 4 is 5.91 Å². The first-order chi connectivity index (χ1) is 6.91. The van der Waals surface area contributed by atoms with Crippen molar-refractivity contribution in [1.29, 1.82) is 0 Å². The third-order valence-electron chi connectivity index (χ3n) is 4.08. The van der Waals surface area contributed by atoms with Gasteiger partial charge >= 0.3 is 0 Å². The molecule has 0 aromatic rings. The molecule has 1 heterocycles. The topological polar surface area (TPSA) is 29.1 Å². The van der Waals surface area contributed by atoms with Crippen LogP contribution in [-0.4, -0.2) is 12.5 Å². The molecule has 2 rings (SSSR count). The predicted molar refractivity (Wildman–Crippen MR) is 61.5 cm³/mol. The average molecular weight is 209 g/mol. The highest BCUT2D eigenvalue weighted by Gasteiger charge is 2.44. The van der Waals surface area contributed by atoms with Crippen molar-refractivity contribution in [2.75, 3.05) is 6.54 Å². The molecule has 1 spiro atoms. The van der Waals surface area contributed by atoms with Gasteiger partial charge in [-0.05, 0) is 42.4 Å².